The highest BCUT2D eigenvalue weighted by Gasteiger charge is 2.40. The average Bonchev–Trinajstić information content (AvgIpc) is 3.10. The smallest absolute Gasteiger partial charge is 0.264 e. The molecule has 2 fully saturated rings. The molecular weight excluding hydrogens is 308 g/mol. The Balaban J connectivity index is 1.93. The minimum absolute atomic E-state index is 0.261. The van der Waals surface area contributed by atoms with E-state index in [1.54, 1.807) is 0 Å². The van der Waals surface area contributed by atoms with Gasteiger partial charge in [0, 0.05) is 17.2 Å². The summed E-state index contributed by atoms with van der Waals surface area (Å²) in [7, 11) is 1.92. The minimum atomic E-state index is -3.72. The summed E-state index contributed by atoms with van der Waals surface area (Å²) >= 11 is 0. The molecule has 21 heavy (non-hydrogen) atoms. The molecule has 2 aliphatic carbocycles. The van der Waals surface area contributed by atoms with Crippen LogP contribution in [0.1, 0.15) is 50.9 Å². The molecule has 0 radical (unpaired) electrons. The molecule has 3 atom stereocenters. The van der Waals surface area contributed by atoms with Gasteiger partial charge < -0.3 is 0 Å². The first kappa shape index (κ1) is 15.3. The maximum atomic E-state index is 11.9. The van der Waals surface area contributed by atoms with Gasteiger partial charge in [-0.2, -0.15) is 5.10 Å². The van der Waals surface area contributed by atoms with Crippen LogP contribution in [0.4, 0.5) is 0 Å². The molecule has 3 rings (SSSR count). The van der Waals surface area contributed by atoms with Crippen LogP contribution in [0.5, 0.6) is 0 Å². The Labute approximate surface area is 131 Å². The third-order valence-electron chi connectivity index (χ3n) is 5.28. The van der Waals surface area contributed by atoms with Gasteiger partial charge in [-0.15, -0.1) is 0 Å². The maximum absolute atomic E-state index is 11.9. The molecule has 2 aliphatic rings. The van der Waals surface area contributed by atoms with Crippen molar-refractivity contribution < 1.29 is 8.42 Å². The van der Waals surface area contributed by atoms with E-state index in [4.69, 9.17) is 10.7 Å². The highest BCUT2D eigenvalue weighted by molar-refractivity contribution is 8.13. The molecule has 2 bridgehead atoms. The highest BCUT2D eigenvalue weighted by atomic mass is 35.7. The van der Waals surface area contributed by atoms with Crippen molar-refractivity contribution in [2.24, 2.45) is 17.8 Å². The van der Waals surface area contributed by atoms with E-state index in [2.05, 4.69) is 5.10 Å². The second kappa shape index (κ2) is 5.58. The van der Waals surface area contributed by atoms with Crippen LogP contribution in [0.15, 0.2) is 4.90 Å². The summed E-state index contributed by atoms with van der Waals surface area (Å²) in [5, 5.41) is 4.57. The summed E-state index contributed by atoms with van der Waals surface area (Å²) in [6, 6.07) is 0. The number of aromatic nitrogens is 2. The number of nitrogens with zero attached hydrogens (tertiary/aromatic N) is 2. The van der Waals surface area contributed by atoms with Crippen LogP contribution < -0.4 is 0 Å². The number of rotatable bonds is 5. The van der Waals surface area contributed by atoms with Gasteiger partial charge in [0.15, 0.2) is 0 Å². The van der Waals surface area contributed by atoms with Crippen molar-refractivity contribution in [1.29, 1.82) is 0 Å². The number of aryl methyl sites for hydroxylation is 1. The number of halogens is 1. The Morgan fingerprint density at radius 1 is 1.24 bits per heavy atom. The topological polar surface area (TPSA) is 52.0 Å². The molecule has 0 spiro atoms. The van der Waals surface area contributed by atoms with Crippen LogP contribution in [-0.2, 0) is 28.4 Å². The van der Waals surface area contributed by atoms with E-state index in [0.29, 0.717) is 24.5 Å². The number of fused-ring (bicyclic) bond motifs is 2. The lowest BCUT2D eigenvalue weighted by Gasteiger charge is -2.22. The van der Waals surface area contributed by atoms with E-state index in [0.717, 1.165) is 24.1 Å². The molecule has 4 nitrogen and oxygen atoms in total. The summed E-state index contributed by atoms with van der Waals surface area (Å²) in [6.45, 7) is 4.75. The first-order chi connectivity index (χ1) is 9.94. The molecule has 1 heterocycles. The van der Waals surface area contributed by atoms with Gasteiger partial charge in [0.1, 0.15) is 4.90 Å². The van der Waals surface area contributed by atoms with Crippen LogP contribution in [0.25, 0.3) is 0 Å². The molecule has 0 aromatic carbocycles. The molecule has 1 aromatic rings. The Morgan fingerprint density at radius 2 is 2.00 bits per heavy atom. The van der Waals surface area contributed by atoms with Crippen LogP contribution in [0, 0.1) is 17.8 Å². The molecular formula is C15H23ClN2O2S. The fraction of sp³-hybridized carbons (Fsp3) is 0.800. The van der Waals surface area contributed by atoms with E-state index in [9.17, 15) is 8.42 Å². The summed E-state index contributed by atoms with van der Waals surface area (Å²) < 4.78 is 25.7. The predicted octanol–water partition coefficient (Wildman–Crippen LogP) is 3.37. The summed E-state index contributed by atoms with van der Waals surface area (Å²) in [5.74, 6) is 2.36. The first-order valence-corrected chi connectivity index (χ1v) is 10.3. The molecule has 0 saturated heterocycles. The predicted molar refractivity (Wildman–Crippen MR) is 83.0 cm³/mol. The molecule has 0 N–H and O–H groups in total. The zero-order valence-corrected chi connectivity index (χ0v) is 14.3. The quantitative estimate of drug-likeness (QED) is 0.778. The monoisotopic (exact) mass is 330 g/mol. The van der Waals surface area contributed by atoms with Gasteiger partial charge in [-0.25, -0.2) is 8.42 Å². The van der Waals surface area contributed by atoms with E-state index in [-0.39, 0.29) is 4.90 Å². The minimum Gasteiger partial charge on any atom is -0.268 e. The van der Waals surface area contributed by atoms with E-state index in [1.165, 1.54) is 25.7 Å². The number of hydrogen-bond donors (Lipinski definition) is 0. The SMILES string of the molecule is CCc1nn(CC2CC3CCC2C3)c(CC)c1S(=O)(=O)Cl. The van der Waals surface area contributed by atoms with Gasteiger partial charge >= 0.3 is 0 Å². The van der Waals surface area contributed by atoms with Gasteiger partial charge in [0.2, 0.25) is 0 Å². The summed E-state index contributed by atoms with van der Waals surface area (Å²) in [5.41, 5.74) is 1.40. The summed E-state index contributed by atoms with van der Waals surface area (Å²) in [4.78, 5) is 0.261. The van der Waals surface area contributed by atoms with Crippen molar-refractivity contribution in [2.75, 3.05) is 0 Å². The molecule has 6 heteroatoms. The Hall–Kier alpha value is -0.550. The summed E-state index contributed by atoms with van der Waals surface area (Å²) in [6.07, 6.45) is 6.58. The van der Waals surface area contributed by atoms with Crippen LogP contribution >= 0.6 is 10.7 Å². The fourth-order valence-electron chi connectivity index (χ4n) is 4.36. The second-order valence-electron chi connectivity index (χ2n) is 6.48. The molecule has 3 unspecified atom stereocenters. The van der Waals surface area contributed by atoms with E-state index in [1.807, 2.05) is 18.5 Å². The Kier molecular flexibility index (Phi) is 4.08. The largest absolute Gasteiger partial charge is 0.268 e. The number of hydrogen-bond acceptors (Lipinski definition) is 3. The zero-order valence-electron chi connectivity index (χ0n) is 12.7. The van der Waals surface area contributed by atoms with Crippen LogP contribution in [0.3, 0.4) is 0 Å². The third kappa shape index (κ3) is 2.74. The third-order valence-corrected chi connectivity index (χ3v) is 6.70. The standard InChI is InChI=1S/C15H23ClN2O2S/c1-3-13-15(21(16,19)20)14(4-2)18(17-13)9-12-8-10-5-6-11(12)7-10/h10-12H,3-9H2,1-2H3. The van der Waals surface area contributed by atoms with Crippen molar-refractivity contribution in [3.8, 4) is 0 Å². The van der Waals surface area contributed by atoms with Gasteiger partial charge in [-0.05, 0) is 49.9 Å². The molecule has 118 valence electrons. The van der Waals surface area contributed by atoms with Gasteiger partial charge in [0.25, 0.3) is 9.05 Å². The van der Waals surface area contributed by atoms with Crippen molar-refractivity contribution in [3.05, 3.63) is 11.4 Å². The zero-order chi connectivity index (χ0) is 15.2. The van der Waals surface area contributed by atoms with Crippen LogP contribution in [0.2, 0.25) is 0 Å². The lowest BCUT2D eigenvalue weighted by atomic mass is 9.89. The maximum Gasteiger partial charge on any atom is 0.264 e. The van der Waals surface area contributed by atoms with Gasteiger partial charge in [-0.1, -0.05) is 20.3 Å². The molecule has 1 aromatic heterocycles. The first-order valence-electron chi connectivity index (χ1n) is 7.97. The van der Waals surface area contributed by atoms with Crippen molar-refractivity contribution >= 4 is 19.7 Å². The van der Waals surface area contributed by atoms with Crippen LogP contribution in [-0.4, -0.2) is 18.2 Å². The average molecular weight is 331 g/mol. The Morgan fingerprint density at radius 3 is 2.48 bits per heavy atom. The molecule has 0 aliphatic heterocycles. The Bertz CT molecular complexity index is 638. The van der Waals surface area contributed by atoms with E-state index < -0.39 is 9.05 Å². The van der Waals surface area contributed by atoms with E-state index >= 15 is 0 Å². The van der Waals surface area contributed by atoms with Gasteiger partial charge in [0.05, 0.1) is 11.4 Å². The fourth-order valence-corrected chi connectivity index (χ4v) is 5.90. The lowest BCUT2D eigenvalue weighted by molar-refractivity contribution is 0.282. The lowest BCUT2D eigenvalue weighted by Crippen LogP contribution is -2.19. The second-order valence-corrected chi connectivity index (χ2v) is 8.99. The molecule has 0 amide bonds. The normalized spacial score (nSPS) is 28.4. The van der Waals surface area contributed by atoms with Crippen molar-refractivity contribution in [1.82, 2.24) is 9.78 Å². The highest BCUT2D eigenvalue weighted by Crippen LogP contribution is 2.49. The van der Waals surface area contributed by atoms with Gasteiger partial charge in [-0.3, -0.25) is 4.68 Å². The molecule has 2 saturated carbocycles. The van der Waals surface area contributed by atoms with Crippen molar-refractivity contribution in [2.45, 2.75) is 63.8 Å². The van der Waals surface area contributed by atoms with Crippen molar-refractivity contribution in [3.63, 3.8) is 0 Å².